The summed E-state index contributed by atoms with van der Waals surface area (Å²) in [7, 11) is -3.86. The molecule has 1 rings (SSSR count). The van der Waals surface area contributed by atoms with E-state index < -0.39 is 33.6 Å². The summed E-state index contributed by atoms with van der Waals surface area (Å²) in [5.41, 5.74) is -0.127. The lowest BCUT2D eigenvalue weighted by Crippen LogP contribution is -2.48. The number of sulfonamides is 1. The van der Waals surface area contributed by atoms with E-state index in [9.17, 15) is 22.0 Å². The molecule has 0 spiro atoms. The topological polar surface area (TPSA) is 66.5 Å². The zero-order valence-electron chi connectivity index (χ0n) is 11.6. The summed E-state index contributed by atoms with van der Waals surface area (Å²) < 4.78 is 50.7. The fraction of sp³-hybridized carbons (Fsp3) is 0.308. The number of amides is 1. The van der Waals surface area contributed by atoms with Crippen molar-refractivity contribution >= 4 is 21.6 Å². The van der Waals surface area contributed by atoms with Crippen LogP contribution in [0.25, 0.3) is 0 Å². The first-order chi connectivity index (χ1) is 9.68. The minimum Gasteiger partial charge on any atom is -0.351 e. The molecule has 21 heavy (non-hydrogen) atoms. The Bertz CT molecular complexity index is 647. The molecule has 0 aliphatic carbocycles. The smallest absolute Gasteiger partial charge is 0.243 e. The van der Waals surface area contributed by atoms with Crippen LogP contribution in [0.2, 0.25) is 0 Å². The number of nitrogens with zero attached hydrogens (tertiary/aromatic N) is 1. The van der Waals surface area contributed by atoms with Crippen LogP contribution in [0.5, 0.6) is 0 Å². The molecule has 1 aromatic carbocycles. The van der Waals surface area contributed by atoms with Gasteiger partial charge in [0, 0.05) is 12.6 Å². The summed E-state index contributed by atoms with van der Waals surface area (Å²) in [6.07, 6.45) is 2.32. The highest BCUT2D eigenvalue weighted by molar-refractivity contribution is 7.92. The van der Waals surface area contributed by atoms with Crippen LogP contribution < -0.4 is 9.62 Å². The van der Waals surface area contributed by atoms with Gasteiger partial charge in [0.25, 0.3) is 0 Å². The number of nitrogens with one attached hydrogen (secondary N) is 1. The average Bonchev–Trinajstić information content (AvgIpc) is 2.38. The Labute approximate surface area is 122 Å². The summed E-state index contributed by atoms with van der Waals surface area (Å²) in [6, 6.07) is 1.51. The second-order valence-corrected chi connectivity index (χ2v) is 6.23. The Kier molecular flexibility index (Phi) is 5.42. The van der Waals surface area contributed by atoms with Crippen molar-refractivity contribution in [3.8, 4) is 0 Å². The molecule has 0 heterocycles. The molecule has 1 N–H and O–H groups in total. The van der Waals surface area contributed by atoms with E-state index >= 15 is 0 Å². The molecule has 0 saturated carbocycles. The van der Waals surface area contributed by atoms with E-state index in [1.807, 2.05) is 0 Å². The molecule has 0 saturated heterocycles. The number of halogens is 2. The van der Waals surface area contributed by atoms with Crippen molar-refractivity contribution in [3.63, 3.8) is 0 Å². The highest BCUT2D eigenvalue weighted by atomic mass is 32.2. The van der Waals surface area contributed by atoms with Crippen LogP contribution in [-0.4, -0.2) is 33.2 Å². The molecule has 0 fully saturated rings. The Morgan fingerprint density at radius 3 is 2.52 bits per heavy atom. The Morgan fingerprint density at radius 1 is 1.43 bits per heavy atom. The van der Waals surface area contributed by atoms with E-state index in [-0.39, 0.29) is 12.2 Å². The molecule has 1 unspecified atom stereocenters. The predicted octanol–water partition coefficient (Wildman–Crippen LogP) is 1.42. The predicted molar refractivity (Wildman–Crippen MR) is 76.3 cm³/mol. The number of benzene rings is 1. The molecular weight excluding hydrogens is 302 g/mol. The minimum absolute atomic E-state index is 0.127. The van der Waals surface area contributed by atoms with E-state index in [1.54, 1.807) is 0 Å². The molecular formula is C13H16F2N2O3S. The van der Waals surface area contributed by atoms with Gasteiger partial charge in [-0.15, -0.1) is 6.58 Å². The van der Waals surface area contributed by atoms with Crippen molar-refractivity contribution in [1.29, 1.82) is 0 Å². The summed E-state index contributed by atoms with van der Waals surface area (Å²) in [6.45, 7) is 4.94. The average molecular weight is 318 g/mol. The largest absolute Gasteiger partial charge is 0.351 e. The Balaban J connectivity index is 3.20. The molecule has 116 valence electrons. The highest BCUT2D eigenvalue weighted by Crippen LogP contribution is 2.23. The van der Waals surface area contributed by atoms with Crippen LogP contribution in [0.3, 0.4) is 0 Å². The van der Waals surface area contributed by atoms with Crippen LogP contribution in [0.15, 0.2) is 30.9 Å². The lowest BCUT2D eigenvalue weighted by molar-refractivity contribution is -0.121. The van der Waals surface area contributed by atoms with Crippen molar-refractivity contribution in [2.75, 3.05) is 17.1 Å². The fourth-order valence-electron chi connectivity index (χ4n) is 1.75. The molecule has 0 aromatic heterocycles. The number of hydrogen-bond donors (Lipinski definition) is 1. The standard InChI is InChI=1S/C13H16F2N2O3S/c1-4-7-16-13(18)9(2)17(21(3,19)20)10-5-6-11(14)12(15)8-10/h4-6,8-9H,1,7H2,2-3H3,(H,16,18). The maximum atomic E-state index is 13.3. The van der Waals surface area contributed by atoms with E-state index in [2.05, 4.69) is 11.9 Å². The maximum Gasteiger partial charge on any atom is 0.243 e. The van der Waals surface area contributed by atoms with Gasteiger partial charge in [-0.25, -0.2) is 17.2 Å². The third-order valence-electron chi connectivity index (χ3n) is 2.67. The zero-order chi connectivity index (χ0) is 16.2. The first kappa shape index (κ1) is 17.1. The molecule has 1 aromatic rings. The minimum atomic E-state index is -3.86. The van der Waals surface area contributed by atoms with Crippen LogP contribution in [0.1, 0.15) is 6.92 Å². The van der Waals surface area contributed by atoms with Crippen molar-refractivity contribution in [2.24, 2.45) is 0 Å². The molecule has 0 aliphatic rings. The number of hydrogen-bond acceptors (Lipinski definition) is 3. The van der Waals surface area contributed by atoms with Crippen LogP contribution >= 0.6 is 0 Å². The third kappa shape index (κ3) is 4.25. The number of carbonyl (C=O) groups is 1. The van der Waals surface area contributed by atoms with Crippen molar-refractivity contribution < 1.29 is 22.0 Å². The molecule has 0 bridgehead atoms. The van der Waals surface area contributed by atoms with E-state index in [1.165, 1.54) is 13.0 Å². The molecule has 0 radical (unpaired) electrons. The number of carbonyl (C=O) groups excluding carboxylic acids is 1. The summed E-state index contributed by atoms with van der Waals surface area (Å²) in [5.74, 6) is -2.87. The highest BCUT2D eigenvalue weighted by Gasteiger charge is 2.29. The van der Waals surface area contributed by atoms with Gasteiger partial charge in [0.2, 0.25) is 15.9 Å². The van der Waals surface area contributed by atoms with Crippen molar-refractivity contribution in [3.05, 3.63) is 42.5 Å². The summed E-state index contributed by atoms with van der Waals surface area (Å²) in [4.78, 5) is 11.9. The second-order valence-electron chi connectivity index (χ2n) is 4.37. The summed E-state index contributed by atoms with van der Waals surface area (Å²) >= 11 is 0. The lowest BCUT2D eigenvalue weighted by Gasteiger charge is -2.28. The molecule has 1 atom stereocenters. The van der Waals surface area contributed by atoms with Gasteiger partial charge in [0.1, 0.15) is 6.04 Å². The Morgan fingerprint density at radius 2 is 2.05 bits per heavy atom. The monoisotopic (exact) mass is 318 g/mol. The molecule has 0 aliphatic heterocycles. The molecule has 8 heteroatoms. The molecule has 5 nitrogen and oxygen atoms in total. The molecule has 1 amide bonds. The van der Waals surface area contributed by atoms with Crippen LogP contribution in [0.4, 0.5) is 14.5 Å². The first-order valence-corrected chi connectivity index (χ1v) is 7.86. The van der Waals surface area contributed by atoms with Gasteiger partial charge in [0.15, 0.2) is 11.6 Å². The number of rotatable bonds is 6. The third-order valence-corrected chi connectivity index (χ3v) is 3.91. The van der Waals surface area contributed by atoms with Gasteiger partial charge in [0.05, 0.1) is 11.9 Å². The summed E-state index contributed by atoms with van der Waals surface area (Å²) in [5, 5.41) is 2.45. The van der Waals surface area contributed by atoms with Gasteiger partial charge in [-0.2, -0.15) is 0 Å². The van der Waals surface area contributed by atoms with Crippen molar-refractivity contribution in [2.45, 2.75) is 13.0 Å². The number of anilines is 1. The van der Waals surface area contributed by atoms with Gasteiger partial charge in [-0.1, -0.05) is 6.08 Å². The van der Waals surface area contributed by atoms with Crippen LogP contribution in [-0.2, 0) is 14.8 Å². The zero-order valence-corrected chi connectivity index (χ0v) is 12.5. The SMILES string of the molecule is C=CCNC(=O)C(C)N(c1ccc(F)c(F)c1)S(C)(=O)=O. The maximum absolute atomic E-state index is 13.3. The van der Waals surface area contributed by atoms with Gasteiger partial charge in [-0.05, 0) is 19.1 Å². The second kappa shape index (κ2) is 6.66. The van der Waals surface area contributed by atoms with Crippen molar-refractivity contribution in [1.82, 2.24) is 5.32 Å². The Hall–Kier alpha value is -1.96. The van der Waals surface area contributed by atoms with Gasteiger partial charge < -0.3 is 5.32 Å². The van der Waals surface area contributed by atoms with E-state index in [0.717, 1.165) is 28.8 Å². The lowest BCUT2D eigenvalue weighted by atomic mass is 10.2. The quantitative estimate of drug-likeness (QED) is 0.807. The van der Waals surface area contributed by atoms with E-state index in [4.69, 9.17) is 0 Å². The van der Waals surface area contributed by atoms with Crippen LogP contribution in [0, 0.1) is 11.6 Å². The van der Waals surface area contributed by atoms with Gasteiger partial charge >= 0.3 is 0 Å². The van der Waals surface area contributed by atoms with Gasteiger partial charge in [-0.3, -0.25) is 9.10 Å². The fourth-order valence-corrected chi connectivity index (χ4v) is 2.92. The normalized spacial score (nSPS) is 12.6. The first-order valence-electron chi connectivity index (χ1n) is 6.01. The van der Waals surface area contributed by atoms with E-state index in [0.29, 0.717) is 0 Å².